The van der Waals surface area contributed by atoms with E-state index in [-0.39, 0.29) is 18.9 Å². The Morgan fingerprint density at radius 3 is 2.17 bits per heavy atom. The summed E-state index contributed by atoms with van der Waals surface area (Å²) in [6.07, 6.45) is -1.28. The van der Waals surface area contributed by atoms with Gasteiger partial charge in [-0.2, -0.15) is 0 Å². The molecule has 0 aromatic carbocycles. The molecule has 0 spiro atoms. The molecule has 0 aromatic rings. The summed E-state index contributed by atoms with van der Waals surface area (Å²) >= 11 is 0. The number of carbonyl (C=O) groups excluding carboxylic acids is 1. The molecule has 0 aliphatic carbocycles. The molecule has 1 heterocycles. The van der Waals surface area contributed by atoms with E-state index in [9.17, 15) is 10.2 Å². The first-order chi connectivity index (χ1) is 11.6. The van der Waals surface area contributed by atoms with Crippen LogP contribution in [0.2, 0.25) is 0 Å². The van der Waals surface area contributed by atoms with E-state index in [1.165, 1.54) is 0 Å². The molecular formula is C16H38N2O6. The van der Waals surface area contributed by atoms with Crippen LogP contribution in [-0.2, 0) is 19.0 Å². The molecule has 4 unspecified atom stereocenters. The van der Waals surface area contributed by atoms with Crippen LogP contribution in [0.1, 0.15) is 47.5 Å². The Balaban J connectivity index is -0.000000549. The molecule has 0 bridgehead atoms. The van der Waals surface area contributed by atoms with Crippen LogP contribution in [0, 0.1) is 0 Å². The zero-order chi connectivity index (χ0) is 19.4. The summed E-state index contributed by atoms with van der Waals surface area (Å²) in [7, 11) is 0. The standard InChI is InChI=1S/C11H23NO5.2C2H6.CH3NO/c1-2-9-11(14)8(13)7-10(17-9)16-6-5-15-4-3-12;2*1-2;2-1-3/h8-11,13-14H,2-7,12H2,1H3;2*1-2H3;1H,(H2,2,3). The molecule has 1 aliphatic rings. The zero-order valence-corrected chi connectivity index (χ0v) is 15.8. The molecule has 6 N–H and O–H groups in total. The molecule has 8 heteroatoms. The highest BCUT2D eigenvalue weighted by Gasteiger charge is 2.35. The molecule has 4 atom stereocenters. The summed E-state index contributed by atoms with van der Waals surface area (Å²) in [5, 5.41) is 19.3. The highest BCUT2D eigenvalue weighted by atomic mass is 16.7. The average Bonchev–Trinajstić information content (AvgIpc) is 2.62. The summed E-state index contributed by atoms with van der Waals surface area (Å²) < 4.78 is 16.1. The fourth-order valence-electron chi connectivity index (χ4n) is 1.78. The second-order valence-electron chi connectivity index (χ2n) is 4.21. The number of aliphatic hydroxyl groups excluding tert-OH is 2. The molecule has 1 saturated heterocycles. The van der Waals surface area contributed by atoms with Crippen LogP contribution in [0.15, 0.2) is 0 Å². The topological polar surface area (TPSA) is 137 Å². The van der Waals surface area contributed by atoms with Crippen LogP contribution >= 0.6 is 0 Å². The fourth-order valence-corrected chi connectivity index (χ4v) is 1.78. The second kappa shape index (κ2) is 22.2. The van der Waals surface area contributed by atoms with Gasteiger partial charge in [0, 0.05) is 13.0 Å². The van der Waals surface area contributed by atoms with Crippen LogP contribution in [-0.4, -0.2) is 67.6 Å². The van der Waals surface area contributed by atoms with Gasteiger partial charge in [-0.25, -0.2) is 0 Å². The Morgan fingerprint density at radius 1 is 1.17 bits per heavy atom. The van der Waals surface area contributed by atoms with E-state index < -0.39 is 18.5 Å². The Kier molecular flexibility index (Phi) is 26.0. The monoisotopic (exact) mass is 354 g/mol. The highest BCUT2D eigenvalue weighted by molar-refractivity contribution is 5.42. The van der Waals surface area contributed by atoms with Crippen molar-refractivity contribution in [3.05, 3.63) is 0 Å². The first kappa shape index (κ1) is 28.1. The van der Waals surface area contributed by atoms with E-state index in [2.05, 4.69) is 5.73 Å². The fraction of sp³-hybridized carbons (Fsp3) is 0.938. The van der Waals surface area contributed by atoms with Crippen molar-refractivity contribution in [2.45, 2.75) is 72.1 Å². The van der Waals surface area contributed by atoms with Gasteiger partial charge in [0.15, 0.2) is 6.29 Å². The molecule has 24 heavy (non-hydrogen) atoms. The second-order valence-corrected chi connectivity index (χ2v) is 4.21. The van der Waals surface area contributed by atoms with Gasteiger partial charge < -0.3 is 35.9 Å². The maximum absolute atomic E-state index is 9.63. The summed E-state index contributed by atoms with van der Waals surface area (Å²) in [6.45, 7) is 11.7. The molecule has 0 radical (unpaired) electrons. The van der Waals surface area contributed by atoms with Gasteiger partial charge in [0.1, 0.15) is 6.10 Å². The largest absolute Gasteiger partial charge is 0.390 e. The molecule has 1 rings (SSSR count). The number of nitrogens with two attached hydrogens (primary N) is 2. The molecule has 8 nitrogen and oxygen atoms in total. The quantitative estimate of drug-likeness (QED) is 0.383. The first-order valence-corrected chi connectivity index (χ1v) is 8.67. The van der Waals surface area contributed by atoms with Crippen molar-refractivity contribution in [3.8, 4) is 0 Å². The van der Waals surface area contributed by atoms with Crippen molar-refractivity contribution in [1.82, 2.24) is 0 Å². The van der Waals surface area contributed by atoms with Gasteiger partial charge in [0.2, 0.25) is 6.41 Å². The molecule has 148 valence electrons. The number of hydrogen-bond donors (Lipinski definition) is 4. The zero-order valence-electron chi connectivity index (χ0n) is 15.8. The van der Waals surface area contributed by atoms with Crippen molar-refractivity contribution >= 4 is 6.41 Å². The third-order valence-corrected chi connectivity index (χ3v) is 2.73. The molecular weight excluding hydrogens is 316 g/mol. The Labute approximate surface area is 146 Å². The van der Waals surface area contributed by atoms with Crippen LogP contribution in [0.3, 0.4) is 0 Å². The van der Waals surface area contributed by atoms with Crippen LogP contribution in [0.25, 0.3) is 0 Å². The predicted octanol–water partition coefficient (Wildman–Crippen LogP) is 0.379. The number of amides is 1. The predicted molar refractivity (Wildman–Crippen MR) is 94.4 cm³/mol. The van der Waals surface area contributed by atoms with E-state index in [0.717, 1.165) is 0 Å². The van der Waals surface area contributed by atoms with Gasteiger partial charge in [-0.3, -0.25) is 4.79 Å². The van der Waals surface area contributed by atoms with E-state index in [0.29, 0.717) is 32.8 Å². The van der Waals surface area contributed by atoms with Crippen molar-refractivity contribution in [2.24, 2.45) is 11.5 Å². The summed E-state index contributed by atoms with van der Waals surface area (Å²) in [6, 6.07) is 0. The number of ether oxygens (including phenoxy) is 3. The molecule has 1 amide bonds. The molecule has 1 aliphatic heterocycles. The highest BCUT2D eigenvalue weighted by Crippen LogP contribution is 2.22. The minimum atomic E-state index is -0.826. The van der Waals surface area contributed by atoms with Gasteiger partial charge in [-0.1, -0.05) is 34.6 Å². The Morgan fingerprint density at radius 2 is 1.71 bits per heavy atom. The van der Waals surface area contributed by atoms with Crippen LogP contribution in [0.4, 0.5) is 0 Å². The SMILES string of the molecule is CC.CC.CCC1OC(OCCOCCN)CC(O)C1O.NC=O. The van der Waals surface area contributed by atoms with Crippen molar-refractivity contribution in [3.63, 3.8) is 0 Å². The van der Waals surface area contributed by atoms with Gasteiger partial charge in [-0.15, -0.1) is 0 Å². The summed E-state index contributed by atoms with van der Waals surface area (Å²) in [5.41, 5.74) is 9.44. The number of primary amides is 1. The number of hydrogen-bond acceptors (Lipinski definition) is 7. The summed E-state index contributed by atoms with van der Waals surface area (Å²) in [5.74, 6) is 0. The maximum Gasteiger partial charge on any atom is 0.204 e. The van der Waals surface area contributed by atoms with Crippen molar-refractivity contribution in [2.75, 3.05) is 26.4 Å². The van der Waals surface area contributed by atoms with E-state index in [4.69, 9.17) is 24.7 Å². The average molecular weight is 354 g/mol. The third kappa shape index (κ3) is 14.8. The first-order valence-electron chi connectivity index (χ1n) is 8.67. The Hall–Kier alpha value is -0.770. The van der Waals surface area contributed by atoms with Gasteiger partial charge in [0.25, 0.3) is 0 Å². The van der Waals surface area contributed by atoms with Crippen LogP contribution in [0.5, 0.6) is 0 Å². The van der Waals surface area contributed by atoms with Crippen molar-refractivity contribution < 1.29 is 29.2 Å². The van der Waals surface area contributed by atoms with Crippen LogP contribution < -0.4 is 11.5 Å². The maximum atomic E-state index is 9.63. The number of carbonyl (C=O) groups is 1. The normalized spacial score (nSPS) is 25.0. The van der Waals surface area contributed by atoms with E-state index >= 15 is 0 Å². The number of aliphatic hydroxyl groups is 2. The van der Waals surface area contributed by atoms with Crippen molar-refractivity contribution in [1.29, 1.82) is 0 Å². The summed E-state index contributed by atoms with van der Waals surface area (Å²) in [4.78, 5) is 8.58. The lowest BCUT2D eigenvalue weighted by Crippen LogP contribution is -2.48. The van der Waals surface area contributed by atoms with E-state index in [1.807, 2.05) is 34.6 Å². The third-order valence-electron chi connectivity index (χ3n) is 2.73. The number of rotatable bonds is 7. The minimum Gasteiger partial charge on any atom is -0.390 e. The van der Waals surface area contributed by atoms with Gasteiger partial charge >= 0.3 is 0 Å². The van der Waals surface area contributed by atoms with Gasteiger partial charge in [0.05, 0.1) is 32.0 Å². The molecule has 1 fully saturated rings. The minimum absolute atomic E-state index is 0.250. The van der Waals surface area contributed by atoms with Gasteiger partial charge in [-0.05, 0) is 6.42 Å². The lowest BCUT2D eigenvalue weighted by Gasteiger charge is -2.36. The lowest BCUT2D eigenvalue weighted by atomic mass is 10.00. The smallest absolute Gasteiger partial charge is 0.204 e. The van der Waals surface area contributed by atoms with E-state index in [1.54, 1.807) is 0 Å². The molecule has 0 aromatic heterocycles. The Bertz CT molecular complexity index is 247. The lowest BCUT2D eigenvalue weighted by molar-refractivity contribution is -0.253. The molecule has 0 saturated carbocycles.